The molecule has 0 aromatic heterocycles. The van der Waals surface area contributed by atoms with Gasteiger partial charge in [-0.2, -0.15) is 0 Å². The molecule has 172 valence electrons. The molecule has 1 aromatic rings. The Balaban J connectivity index is 1.94. The van der Waals surface area contributed by atoms with Crippen molar-refractivity contribution in [3.05, 3.63) is 29.8 Å². The molecule has 1 aliphatic heterocycles. The minimum Gasteiger partial charge on any atom is -0.466 e. The average Bonchev–Trinajstić information content (AvgIpc) is 2.79. The lowest BCUT2D eigenvalue weighted by molar-refractivity contribution is -0.151. The monoisotopic (exact) mass is 431 g/mol. The highest BCUT2D eigenvalue weighted by Gasteiger charge is 2.30. The predicted molar refractivity (Wildman–Crippen MR) is 122 cm³/mol. The maximum Gasteiger partial charge on any atom is 0.322 e. The highest BCUT2D eigenvalue weighted by atomic mass is 16.5. The Morgan fingerprint density at radius 3 is 2.52 bits per heavy atom. The number of carbonyl (C=O) groups excluding carboxylic acids is 3. The Hall–Kier alpha value is -2.57. The van der Waals surface area contributed by atoms with E-state index in [1.165, 1.54) is 5.56 Å². The Morgan fingerprint density at radius 1 is 1.19 bits per heavy atom. The second kappa shape index (κ2) is 12.3. The SMILES string of the molecule is CCOC(=O)C1CCCN(C(=O)CCN(C(=O)Nc2ccc(CC)cc2)C(C)CC)C1. The van der Waals surface area contributed by atoms with Crippen molar-refractivity contribution in [2.24, 2.45) is 5.92 Å². The maximum absolute atomic E-state index is 12.9. The third-order valence-electron chi connectivity index (χ3n) is 5.96. The Labute approximate surface area is 186 Å². The summed E-state index contributed by atoms with van der Waals surface area (Å²) in [6, 6.07) is 7.62. The summed E-state index contributed by atoms with van der Waals surface area (Å²) in [5.74, 6) is -0.505. The van der Waals surface area contributed by atoms with Gasteiger partial charge in [0.25, 0.3) is 0 Å². The van der Waals surface area contributed by atoms with Crippen LogP contribution in [0.3, 0.4) is 0 Å². The van der Waals surface area contributed by atoms with Gasteiger partial charge in [0.1, 0.15) is 0 Å². The van der Waals surface area contributed by atoms with Gasteiger partial charge in [-0.3, -0.25) is 9.59 Å². The van der Waals surface area contributed by atoms with Gasteiger partial charge in [-0.1, -0.05) is 26.0 Å². The van der Waals surface area contributed by atoms with E-state index < -0.39 is 0 Å². The molecule has 0 aliphatic carbocycles. The van der Waals surface area contributed by atoms with Crippen molar-refractivity contribution in [3.8, 4) is 0 Å². The first-order chi connectivity index (χ1) is 14.9. The number of hydrogen-bond donors (Lipinski definition) is 1. The maximum atomic E-state index is 12.9. The lowest BCUT2D eigenvalue weighted by Crippen LogP contribution is -2.46. The first-order valence-electron chi connectivity index (χ1n) is 11.5. The van der Waals surface area contributed by atoms with Gasteiger partial charge in [0.2, 0.25) is 5.91 Å². The van der Waals surface area contributed by atoms with Crippen LogP contribution in [-0.2, 0) is 20.7 Å². The molecule has 0 bridgehead atoms. The molecule has 0 radical (unpaired) electrons. The van der Waals surface area contributed by atoms with Crippen molar-refractivity contribution >= 4 is 23.6 Å². The third-order valence-corrected chi connectivity index (χ3v) is 5.96. The molecule has 2 atom stereocenters. The van der Waals surface area contributed by atoms with Crippen LogP contribution in [0.5, 0.6) is 0 Å². The third kappa shape index (κ3) is 7.26. The number of esters is 1. The number of aryl methyl sites for hydroxylation is 1. The van der Waals surface area contributed by atoms with Gasteiger partial charge in [0.15, 0.2) is 0 Å². The highest BCUT2D eigenvalue weighted by molar-refractivity contribution is 5.90. The molecule has 2 rings (SSSR count). The molecule has 2 unspecified atom stereocenters. The van der Waals surface area contributed by atoms with E-state index in [4.69, 9.17) is 4.74 Å². The van der Waals surface area contributed by atoms with Crippen molar-refractivity contribution in [3.63, 3.8) is 0 Å². The smallest absolute Gasteiger partial charge is 0.322 e. The number of rotatable bonds is 9. The van der Waals surface area contributed by atoms with Crippen molar-refractivity contribution in [2.45, 2.75) is 65.8 Å². The number of carbonyl (C=O) groups is 3. The van der Waals surface area contributed by atoms with E-state index >= 15 is 0 Å². The summed E-state index contributed by atoms with van der Waals surface area (Å²) in [5.41, 5.74) is 1.96. The van der Waals surface area contributed by atoms with E-state index in [2.05, 4.69) is 12.2 Å². The number of anilines is 1. The van der Waals surface area contributed by atoms with E-state index in [-0.39, 0.29) is 36.3 Å². The van der Waals surface area contributed by atoms with E-state index in [9.17, 15) is 14.4 Å². The summed E-state index contributed by atoms with van der Waals surface area (Å²) >= 11 is 0. The minimum absolute atomic E-state index is 0.0105. The number of ether oxygens (including phenoxy) is 1. The van der Waals surface area contributed by atoms with Gasteiger partial charge < -0.3 is 19.9 Å². The average molecular weight is 432 g/mol. The topological polar surface area (TPSA) is 79.0 Å². The standard InChI is InChI=1S/C24H37N3O4/c1-5-18(4)27(24(30)25-21-12-10-19(6-2)11-13-21)16-14-22(28)26-15-8-9-20(17-26)23(29)31-7-3/h10-13,18,20H,5-9,14-17H2,1-4H3,(H,25,30). The van der Waals surface area contributed by atoms with E-state index in [1.54, 1.807) is 16.7 Å². The predicted octanol–water partition coefficient (Wildman–Crippen LogP) is 4.07. The second-order valence-corrected chi connectivity index (χ2v) is 8.11. The fourth-order valence-corrected chi connectivity index (χ4v) is 3.79. The highest BCUT2D eigenvalue weighted by Crippen LogP contribution is 2.19. The van der Waals surface area contributed by atoms with Gasteiger partial charge >= 0.3 is 12.0 Å². The van der Waals surface area contributed by atoms with Crippen LogP contribution in [0.15, 0.2) is 24.3 Å². The molecule has 0 saturated carbocycles. The van der Waals surface area contributed by atoms with Crippen LogP contribution in [0.2, 0.25) is 0 Å². The lowest BCUT2D eigenvalue weighted by atomic mass is 9.98. The quantitative estimate of drug-likeness (QED) is 0.598. The van der Waals surface area contributed by atoms with Crippen LogP contribution in [0.25, 0.3) is 0 Å². The van der Waals surface area contributed by atoms with Crippen molar-refractivity contribution in [1.29, 1.82) is 0 Å². The van der Waals surface area contributed by atoms with E-state index in [0.717, 1.165) is 31.4 Å². The number of piperidine rings is 1. The van der Waals surface area contributed by atoms with Crippen LogP contribution in [0.4, 0.5) is 10.5 Å². The Morgan fingerprint density at radius 2 is 1.90 bits per heavy atom. The largest absolute Gasteiger partial charge is 0.466 e. The van der Waals surface area contributed by atoms with Crippen LogP contribution in [0, 0.1) is 5.92 Å². The number of urea groups is 1. The number of amides is 3. The van der Waals surface area contributed by atoms with E-state index in [1.807, 2.05) is 38.1 Å². The molecule has 7 nitrogen and oxygen atoms in total. The first-order valence-corrected chi connectivity index (χ1v) is 11.5. The van der Waals surface area contributed by atoms with Gasteiger partial charge in [0.05, 0.1) is 12.5 Å². The summed E-state index contributed by atoms with van der Waals surface area (Å²) in [6.07, 6.45) is 3.52. The van der Waals surface area contributed by atoms with Crippen molar-refractivity contribution in [2.75, 3.05) is 31.6 Å². The van der Waals surface area contributed by atoms with Crippen LogP contribution in [0.1, 0.15) is 58.9 Å². The molecule has 1 fully saturated rings. The number of nitrogens with one attached hydrogen (secondary N) is 1. The lowest BCUT2D eigenvalue weighted by Gasteiger charge is -2.33. The summed E-state index contributed by atoms with van der Waals surface area (Å²) in [4.78, 5) is 41.2. The normalized spacial score (nSPS) is 17.0. The molecule has 1 saturated heterocycles. The van der Waals surface area contributed by atoms with Crippen LogP contribution < -0.4 is 5.32 Å². The van der Waals surface area contributed by atoms with Gasteiger partial charge in [-0.25, -0.2) is 4.79 Å². The molecule has 1 aliphatic rings. The van der Waals surface area contributed by atoms with Gasteiger partial charge in [-0.15, -0.1) is 0 Å². The number of hydrogen-bond acceptors (Lipinski definition) is 4. The fraction of sp³-hybridized carbons (Fsp3) is 0.625. The van der Waals surface area contributed by atoms with Crippen molar-refractivity contribution in [1.82, 2.24) is 9.80 Å². The van der Waals surface area contributed by atoms with Crippen LogP contribution in [-0.4, -0.2) is 60.0 Å². The Bertz CT molecular complexity index is 735. The summed E-state index contributed by atoms with van der Waals surface area (Å²) in [7, 11) is 0. The zero-order valence-electron chi connectivity index (χ0n) is 19.4. The Kier molecular flexibility index (Phi) is 9.82. The summed E-state index contributed by atoms with van der Waals surface area (Å²) < 4.78 is 5.12. The molecule has 1 heterocycles. The molecular weight excluding hydrogens is 394 g/mol. The number of likely N-dealkylation sites (tertiary alicyclic amines) is 1. The molecule has 0 spiro atoms. The molecule has 1 N–H and O–H groups in total. The molecule has 3 amide bonds. The van der Waals surface area contributed by atoms with Gasteiger partial charge in [-0.05, 0) is 57.2 Å². The van der Waals surface area contributed by atoms with Crippen molar-refractivity contribution < 1.29 is 19.1 Å². The number of benzene rings is 1. The first kappa shape index (κ1) is 24.7. The zero-order valence-corrected chi connectivity index (χ0v) is 19.4. The molecule has 7 heteroatoms. The molecule has 31 heavy (non-hydrogen) atoms. The fourth-order valence-electron chi connectivity index (χ4n) is 3.79. The summed E-state index contributed by atoms with van der Waals surface area (Å²) in [5, 5.41) is 2.95. The second-order valence-electron chi connectivity index (χ2n) is 8.11. The van der Waals surface area contributed by atoms with E-state index in [0.29, 0.717) is 26.2 Å². The molecular formula is C24H37N3O4. The van der Waals surface area contributed by atoms with Gasteiger partial charge in [0, 0.05) is 37.8 Å². The number of nitrogens with zero attached hydrogens (tertiary/aromatic N) is 2. The zero-order chi connectivity index (χ0) is 22.8. The molecule has 1 aromatic carbocycles. The van der Waals surface area contributed by atoms with Crippen LogP contribution >= 0.6 is 0 Å². The minimum atomic E-state index is -0.252. The summed E-state index contributed by atoms with van der Waals surface area (Å²) in [6.45, 7) is 9.63.